The van der Waals surface area contributed by atoms with Gasteiger partial charge in [0.05, 0.1) is 5.52 Å². The number of carbonyl (C=O) groups is 1. The van der Waals surface area contributed by atoms with E-state index in [0.29, 0.717) is 12.5 Å². The highest BCUT2D eigenvalue weighted by Crippen LogP contribution is 2.26. The molecule has 0 aliphatic carbocycles. The molecule has 3 rings (SSSR count). The maximum Gasteiger partial charge on any atom is 0.222 e. The van der Waals surface area contributed by atoms with Gasteiger partial charge in [-0.25, -0.2) is 0 Å². The Kier molecular flexibility index (Phi) is 4.10. The molecular formula is C16H18BrN3O. The molecule has 2 heterocycles. The number of hydrogen-bond donors (Lipinski definition) is 1. The first kappa shape index (κ1) is 14.3. The smallest absolute Gasteiger partial charge is 0.222 e. The number of nitrogens with one attached hydrogen (secondary N) is 1. The molecule has 1 fully saturated rings. The number of pyridine rings is 1. The lowest BCUT2D eigenvalue weighted by Crippen LogP contribution is -2.30. The van der Waals surface area contributed by atoms with E-state index >= 15 is 0 Å². The van der Waals surface area contributed by atoms with Crippen LogP contribution >= 0.6 is 15.9 Å². The van der Waals surface area contributed by atoms with Crippen LogP contribution in [0.3, 0.4) is 0 Å². The molecule has 21 heavy (non-hydrogen) atoms. The summed E-state index contributed by atoms with van der Waals surface area (Å²) < 4.78 is 1.03. The highest BCUT2D eigenvalue weighted by atomic mass is 79.9. The molecule has 5 heteroatoms. The Balaban J connectivity index is 1.78. The third-order valence-electron chi connectivity index (χ3n) is 3.91. The molecule has 1 aromatic carbocycles. The number of hydrogen-bond acceptors (Lipinski definition) is 3. The minimum absolute atomic E-state index is 0.239. The molecule has 2 aromatic rings. The lowest BCUT2D eigenvalue weighted by Gasteiger charge is -2.18. The summed E-state index contributed by atoms with van der Waals surface area (Å²) in [4.78, 5) is 18.1. The van der Waals surface area contributed by atoms with Crippen molar-refractivity contribution in [2.45, 2.75) is 25.8 Å². The lowest BCUT2D eigenvalue weighted by atomic mass is 10.1. The summed E-state index contributed by atoms with van der Waals surface area (Å²) in [5, 5.41) is 4.68. The lowest BCUT2D eigenvalue weighted by molar-refractivity contribution is -0.129. The van der Waals surface area contributed by atoms with Crippen molar-refractivity contribution in [2.75, 3.05) is 18.4 Å². The molecule has 1 unspecified atom stereocenters. The van der Waals surface area contributed by atoms with Crippen LogP contribution in [0.5, 0.6) is 0 Å². The van der Waals surface area contributed by atoms with Crippen molar-refractivity contribution < 1.29 is 4.79 Å². The molecular weight excluding hydrogens is 330 g/mol. The van der Waals surface area contributed by atoms with Crippen molar-refractivity contribution in [3.63, 3.8) is 0 Å². The Bertz CT molecular complexity index is 674. The third kappa shape index (κ3) is 3.02. The van der Waals surface area contributed by atoms with E-state index in [0.717, 1.165) is 40.6 Å². The summed E-state index contributed by atoms with van der Waals surface area (Å²) in [6.45, 7) is 3.54. The Labute approximate surface area is 132 Å². The molecule has 1 aromatic heterocycles. The van der Waals surface area contributed by atoms with E-state index in [4.69, 9.17) is 0 Å². The fourth-order valence-electron chi connectivity index (χ4n) is 2.80. The van der Waals surface area contributed by atoms with Crippen molar-refractivity contribution in [2.24, 2.45) is 0 Å². The minimum Gasteiger partial charge on any atom is -0.380 e. The van der Waals surface area contributed by atoms with Crippen molar-refractivity contribution in [3.8, 4) is 0 Å². The number of rotatable bonds is 3. The van der Waals surface area contributed by atoms with Crippen LogP contribution in [-0.2, 0) is 4.79 Å². The predicted molar refractivity (Wildman–Crippen MR) is 88.3 cm³/mol. The number of amides is 1. The number of benzene rings is 1. The zero-order valence-electron chi connectivity index (χ0n) is 12.0. The summed E-state index contributed by atoms with van der Waals surface area (Å²) in [6, 6.07) is 8.42. The van der Waals surface area contributed by atoms with Gasteiger partial charge in [0.2, 0.25) is 5.91 Å². The molecule has 1 atom stereocenters. The van der Waals surface area contributed by atoms with E-state index in [-0.39, 0.29) is 5.91 Å². The minimum atomic E-state index is 0.239. The van der Waals surface area contributed by atoms with Crippen LogP contribution in [0.25, 0.3) is 10.9 Å². The summed E-state index contributed by atoms with van der Waals surface area (Å²) in [7, 11) is 0. The Morgan fingerprint density at radius 2 is 2.33 bits per heavy atom. The van der Waals surface area contributed by atoms with E-state index < -0.39 is 0 Å². The fraction of sp³-hybridized carbons (Fsp3) is 0.375. The topological polar surface area (TPSA) is 45.2 Å². The monoisotopic (exact) mass is 347 g/mol. The van der Waals surface area contributed by atoms with E-state index in [1.807, 2.05) is 36.2 Å². The van der Waals surface area contributed by atoms with E-state index in [1.54, 1.807) is 0 Å². The van der Waals surface area contributed by atoms with Crippen LogP contribution in [0.1, 0.15) is 19.8 Å². The summed E-state index contributed by atoms with van der Waals surface area (Å²) in [5.41, 5.74) is 2.05. The molecule has 0 radical (unpaired) electrons. The van der Waals surface area contributed by atoms with Crippen molar-refractivity contribution in [3.05, 3.63) is 34.9 Å². The molecule has 1 saturated heterocycles. The van der Waals surface area contributed by atoms with Gasteiger partial charge in [-0.05, 0) is 30.7 Å². The average molecular weight is 348 g/mol. The number of halogens is 1. The van der Waals surface area contributed by atoms with Gasteiger partial charge in [0.1, 0.15) is 0 Å². The highest BCUT2D eigenvalue weighted by molar-refractivity contribution is 9.10. The number of carbonyl (C=O) groups excluding carboxylic acids is 1. The van der Waals surface area contributed by atoms with Gasteiger partial charge in [-0.15, -0.1) is 0 Å². The summed E-state index contributed by atoms with van der Waals surface area (Å²) >= 11 is 3.47. The molecule has 1 amide bonds. The average Bonchev–Trinajstić information content (AvgIpc) is 2.95. The molecule has 1 N–H and O–H groups in total. The van der Waals surface area contributed by atoms with Crippen LogP contribution in [0.4, 0.5) is 5.69 Å². The van der Waals surface area contributed by atoms with Gasteiger partial charge >= 0.3 is 0 Å². The van der Waals surface area contributed by atoms with Crippen LogP contribution in [0.2, 0.25) is 0 Å². The largest absolute Gasteiger partial charge is 0.380 e. The molecule has 1 aliphatic rings. The Morgan fingerprint density at radius 1 is 1.48 bits per heavy atom. The first-order valence-electron chi connectivity index (χ1n) is 7.26. The van der Waals surface area contributed by atoms with Crippen LogP contribution < -0.4 is 5.32 Å². The summed E-state index contributed by atoms with van der Waals surface area (Å²) in [5.74, 6) is 0.239. The zero-order valence-corrected chi connectivity index (χ0v) is 13.6. The van der Waals surface area contributed by atoms with Crippen molar-refractivity contribution in [1.82, 2.24) is 9.88 Å². The molecule has 110 valence electrons. The number of anilines is 1. The van der Waals surface area contributed by atoms with Crippen LogP contribution in [0, 0.1) is 0 Å². The second-order valence-corrected chi connectivity index (χ2v) is 6.26. The molecule has 0 bridgehead atoms. The normalized spacial score (nSPS) is 18.2. The van der Waals surface area contributed by atoms with E-state index in [1.165, 1.54) is 0 Å². The first-order chi connectivity index (χ1) is 10.2. The standard InChI is InChI=1S/C16H18BrN3O/c1-2-16(21)20-8-6-12(10-20)19-14-5-7-18-15-9-11(17)3-4-13(14)15/h3-5,7,9,12H,2,6,8,10H2,1H3,(H,18,19). The Hall–Kier alpha value is -1.62. The first-order valence-corrected chi connectivity index (χ1v) is 8.05. The van der Waals surface area contributed by atoms with Gasteiger partial charge in [-0.2, -0.15) is 0 Å². The van der Waals surface area contributed by atoms with Crippen LogP contribution in [0.15, 0.2) is 34.9 Å². The maximum atomic E-state index is 11.7. The van der Waals surface area contributed by atoms with E-state index in [2.05, 4.69) is 32.3 Å². The zero-order chi connectivity index (χ0) is 14.8. The SMILES string of the molecule is CCC(=O)N1CCC(Nc2ccnc3cc(Br)ccc23)C1. The Morgan fingerprint density at radius 3 is 3.14 bits per heavy atom. The van der Waals surface area contributed by atoms with Gasteiger partial charge < -0.3 is 10.2 Å². The second-order valence-electron chi connectivity index (χ2n) is 5.34. The molecule has 4 nitrogen and oxygen atoms in total. The number of nitrogens with zero attached hydrogens (tertiary/aromatic N) is 2. The van der Waals surface area contributed by atoms with Gasteiger partial charge in [0, 0.05) is 47.3 Å². The van der Waals surface area contributed by atoms with E-state index in [9.17, 15) is 4.79 Å². The van der Waals surface area contributed by atoms with Gasteiger partial charge in [-0.1, -0.05) is 22.9 Å². The highest BCUT2D eigenvalue weighted by Gasteiger charge is 2.25. The maximum absolute atomic E-state index is 11.7. The van der Waals surface area contributed by atoms with Gasteiger partial charge in [-0.3, -0.25) is 9.78 Å². The molecule has 1 aliphatic heterocycles. The van der Waals surface area contributed by atoms with Crippen LogP contribution in [-0.4, -0.2) is 34.9 Å². The van der Waals surface area contributed by atoms with Gasteiger partial charge in [0.15, 0.2) is 0 Å². The molecule has 0 spiro atoms. The summed E-state index contributed by atoms with van der Waals surface area (Å²) in [6.07, 6.45) is 3.39. The number of likely N-dealkylation sites (tertiary alicyclic amines) is 1. The third-order valence-corrected chi connectivity index (χ3v) is 4.40. The van der Waals surface area contributed by atoms with Crippen molar-refractivity contribution in [1.29, 1.82) is 0 Å². The molecule has 0 saturated carbocycles. The van der Waals surface area contributed by atoms with Gasteiger partial charge in [0.25, 0.3) is 0 Å². The second kappa shape index (κ2) is 6.02. The predicted octanol–water partition coefficient (Wildman–Crippen LogP) is 3.42. The number of fused-ring (bicyclic) bond motifs is 1. The fourth-order valence-corrected chi connectivity index (χ4v) is 3.14. The quantitative estimate of drug-likeness (QED) is 0.925. The number of aromatic nitrogens is 1. The van der Waals surface area contributed by atoms with Crippen molar-refractivity contribution >= 4 is 38.4 Å².